The Morgan fingerprint density at radius 1 is 1.47 bits per heavy atom. The van der Waals surface area contributed by atoms with Crippen molar-refractivity contribution in [3.8, 4) is 0 Å². The molecule has 19 heavy (non-hydrogen) atoms. The zero-order valence-electron chi connectivity index (χ0n) is 11.8. The minimum Gasteiger partial charge on any atom is -0.407 e. The minimum atomic E-state index is -0.325. The third-order valence-corrected chi connectivity index (χ3v) is 3.20. The first-order chi connectivity index (χ1) is 9.10. The first-order valence-corrected chi connectivity index (χ1v) is 6.72. The van der Waals surface area contributed by atoms with Gasteiger partial charge in [-0.3, -0.25) is 0 Å². The zero-order valence-corrected chi connectivity index (χ0v) is 11.8. The fourth-order valence-corrected chi connectivity index (χ4v) is 2.39. The Hall–Kier alpha value is -1.18. The maximum absolute atomic E-state index is 9.83. The van der Waals surface area contributed by atoms with E-state index in [0.29, 0.717) is 25.0 Å². The molecule has 7 nitrogen and oxygen atoms in total. The molecule has 2 rings (SSSR count). The van der Waals surface area contributed by atoms with E-state index in [1.54, 1.807) is 0 Å². The van der Waals surface area contributed by atoms with Gasteiger partial charge in [-0.15, -0.1) is 5.10 Å². The summed E-state index contributed by atoms with van der Waals surface area (Å²) in [5.41, 5.74) is 0. The van der Waals surface area contributed by atoms with Gasteiger partial charge in [0.05, 0.1) is 12.6 Å². The van der Waals surface area contributed by atoms with E-state index in [1.165, 1.54) is 0 Å². The average molecular weight is 269 g/mol. The molecule has 0 amide bonds. The van der Waals surface area contributed by atoms with Crippen LogP contribution in [0.2, 0.25) is 0 Å². The molecular formula is C12H23N5O2. The molecular weight excluding hydrogens is 246 g/mol. The van der Waals surface area contributed by atoms with E-state index in [4.69, 9.17) is 4.42 Å². The summed E-state index contributed by atoms with van der Waals surface area (Å²) in [5.74, 6) is 0.585. The lowest BCUT2D eigenvalue weighted by molar-refractivity contribution is 0.191. The van der Waals surface area contributed by atoms with Gasteiger partial charge in [-0.2, -0.15) is 0 Å². The second-order valence-corrected chi connectivity index (χ2v) is 5.22. The number of hydrogen-bond acceptors (Lipinski definition) is 7. The van der Waals surface area contributed by atoms with Crippen molar-refractivity contribution in [3.63, 3.8) is 0 Å². The topological polar surface area (TPSA) is 77.7 Å². The number of nitrogens with one attached hydrogen (secondary N) is 1. The number of nitrogens with zero attached hydrogens (tertiary/aromatic N) is 4. The standard InChI is InChI=1S/C12H23N5O2/c1-4-13-6-11-14-15-12(19-11)17-8-10(18)5-9(17)7-16(2)3/h9-10,13,18H,4-8H2,1-3H3. The van der Waals surface area contributed by atoms with Gasteiger partial charge in [0.2, 0.25) is 5.89 Å². The molecule has 1 aliphatic rings. The van der Waals surface area contributed by atoms with Crippen LogP contribution < -0.4 is 10.2 Å². The molecule has 7 heteroatoms. The van der Waals surface area contributed by atoms with Crippen LogP contribution in [-0.4, -0.2) is 66.1 Å². The van der Waals surface area contributed by atoms with Crippen molar-refractivity contribution in [3.05, 3.63) is 5.89 Å². The summed E-state index contributed by atoms with van der Waals surface area (Å²) in [6, 6.07) is 0.730. The van der Waals surface area contributed by atoms with E-state index in [9.17, 15) is 5.11 Å². The van der Waals surface area contributed by atoms with E-state index < -0.39 is 0 Å². The molecule has 1 aromatic heterocycles. The van der Waals surface area contributed by atoms with Gasteiger partial charge in [-0.25, -0.2) is 0 Å². The van der Waals surface area contributed by atoms with E-state index in [2.05, 4.69) is 20.4 Å². The van der Waals surface area contributed by atoms with Gasteiger partial charge in [-0.1, -0.05) is 12.0 Å². The second kappa shape index (κ2) is 6.31. The summed E-state index contributed by atoms with van der Waals surface area (Å²) in [6.07, 6.45) is 0.414. The van der Waals surface area contributed by atoms with Gasteiger partial charge < -0.3 is 24.6 Å². The molecule has 0 spiro atoms. The number of likely N-dealkylation sites (N-methyl/N-ethyl adjacent to an activating group) is 1. The molecule has 0 bridgehead atoms. The van der Waals surface area contributed by atoms with Gasteiger partial charge in [0.25, 0.3) is 0 Å². The molecule has 2 heterocycles. The number of anilines is 1. The van der Waals surface area contributed by atoms with Gasteiger partial charge in [0.15, 0.2) is 0 Å². The Balaban J connectivity index is 2.03. The normalized spacial score (nSPS) is 23.5. The second-order valence-electron chi connectivity index (χ2n) is 5.22. The lowest BCUT2D eigenvalue weighted by atomic mass is 10.2. The van der Waals surface area contributed by atoms with Crippen molar-refractivity contribution in [1.29, 1.82) is 0 Å². The lowest BCUT2D eigenvalue weighted by Crippen LogP contribution is -2.37. The van der Waals surface area contributed by atoms with Crippen LogP contribution >= 0.6 is 0 Å². The average Bonchev–Trinajstić information content (AvgIpc) is 2.92. The fraction of sp³-hybridized carbons (Fsp3) is 0.833. The largest absolute Gasteiger partial charge is 0.407 e. The van der Waals surface area contributed by atoms with Crippen LogP contribution in [0, 0.1) is 0 Å². The van der Waals surface area contributed by atoms with Crippen LogP contribution in [0.3, 0.4) is 0 Å². The van der Waals surface area contributed by atoms with Crippen LogP contribution in [0.5, 0.6) is 0 Å². The Morgan fingerprint density at radius 2 is 2.26 bits per heavy atom. The number of aliphatic hydroxyl groups excluding tert-OH is 1. The van der Waals surface area contributed by atoms with Crippen LogP contribution in [0.4, 0.5) is 6.01 Å². The van der Waals surface area contributed by atoms with Crippen molar-refractivity contribution < 1.29 is 9.52 Å². The lowest BCUT2D eigenvalue weighted by Gasteiger charge is -2.24. The summed E-state index contributed by atoms with van der Waals surface area (Å²) in [5, 5.41) is 21.1. The molecule has 0 aromatic carbocycles. The maximum Gasteiger partial charge on any atom is 0.318 e. The zero-order chi connectivity index (χ0) is 13.8. The number of aromatic nitrogens is 2. The van der Waals surface area contributed by atoms with E-state index in [0.717, 1.165) is 19.5 Å². The van der Waals surface area contributed by atoms with Crippen molar-refractivity contribution in [2.24, 2.45) is 0 Å². The third-order valence-electron chi connectivity index (χ3n) is 3.20. The van der Waals surface area contributed by atoms with Crippen molar-refractivity contribution in [2.45, 2.75) is 32.0 Å². The van der Waals surface area contributed by atoms with E-state index in [1.807, 2.05) is 25.9 Å². The molecule has 1 saturated heterocycles. The SMILES string of the molecule is CCNCc1nnc(N2CC(O)CC2CN(C)C)o1. The van der Waals surface area contributed by atoms with Gasteiger partial charge in [0, 0.05) is 19.1 Å². The molecule has 2 atom stereocenters. The predicted octanol–water partition coefficient (Wildman–Crippen LogP) is -0.320. The monoisotopic (exact) mass is 269 g/mol. The van der Waals surface area contributed by atoms with Crippen LogP contribution in [0.1, 0.15) is 19.2 Å². The quantitative estimate of drug-likeness (QED) is 0.733. The van der Waals surface area contributed by atoms with E-state index >= 15 is 0 Å². The smallest absolute Gasteiger partial charge is 0.318 e. The van der Waals surface area contributed by atoms with Crippen molar-refractivity contribution in [1.82, 2.24) is 20.4 Å². The van der Waals surface area contributed by atoms with Crippen LogP contribution in [0.25, 0.3) is 0 Å². The molecule has 2 N–H and O–H groups in total. The molecule has 1 aromatic rings. The highest BCUT2D eigenvalue weighted by molar-refractivity contribution is 5.30. The van der Waals surface area contributed by atoms with Crippen molar-refractivity contribution >= 4 is 6.01 Å². The highest BCUT2D eigenvalue weighted by atomic mass is 16.4. The third kappa shape index (κ3) is 3.65. The fourth-order valence-electron chi connectivity index (χ4n) is 2.39. The van der Waals surface area contributed by atoms with Gasteiger partial charge in [0.1, 0.15) is 0 Å². The minimum absolute atomic E-state index is 0.220. The highest BCUT2D eigenvalue weighted by Gasteiger charge is 2.34. The Bertz CT molecular complexity index is 395. The molecule has 0 saturated carbocycles. The number of β-amino-alcohol motifs (C(OH)–C–C–N with tert-alkyl or cyclic N) is 1. The summed E-state index contributed by atoms with van der Waals surface area (Å²) in [7, 11) is 4.04. The number of rotatable bonds is 6. The van der Waals surface area contributed by atoms with Gasteiger partial charge in [-0.05, 0) is 27.1 Å². The molecule has 0 aliphatic carbocycles. The summed E-state index contributed by atoms with van der Waals surface area (Å²) in [6.45, 7) is 4.90. The molecule has 2 unspecified atom stereocenters. The Morgan fingerprint density at radius 3 is 2.95 bits per heavy atom. The first-order valence-electron chi connectivity index (χ1n) is 6.72. The summed E-state index contributed by atoms with van der Waals surface area (Å²) < 4.78 is 5.64. The predicted molar refractivity (Wildman–Crippen MR) is 72.0 cm³/mol. The molecule has 108 valence electrons. The number of aliphatic hydroxyl groups is 1. The van der Waals surface area contributed by atoms with Crippen molar-refractivity contribution in [2.75, 3.05) is 38.6 Å². The Labute approximate surface area is 113 Å². The first kappa shape index (κ1) is 14.2. The Kier molecular flexibility index (Phi) is 4.73. The van der Waals surface area contributed by atoms with Crippen LogP contribution in [-0.2, 0) is 6.54 Å². The highest BCUT2D eigenvalue weighted by Crippen LogP contribution is 2.25. The molecule has 1 fully saturated rings. The van der Waals surface area contributed by atoms with E-state index in [-0.39, 0.29) is 12.1 Å². The molecule has 0 radical (unpaired) electrons. The summed E-state index contributed by atoms with van der Waals surface area (Å²) in [4.78, 5) is 4.11. The maximum atomic E-state index is 9.83. The number of hydrogen-bond donors (Lipinski definition) is 2. The molecule has 1 aliphatic heterocycles. The van der Waals surface area contributed by atoms with Gasteiger partial charge >= 0.3 is 6.01 Å². The summed E-state index contributed by atoms with van der Waals surface area (Å²) >= 11 is 0. The van der Waals surface area contributed by atoms with Crippen LogP contribution in [0.15, 0.2) is 4.42 Å².